The molecular weight excluding hydrogens is 473 g/mol. The molecule has 2 aromatic rings. The first-order chi connectivity index (χ1) is 14.4. The molecule has 0 bridgehead atoms. The Labute approximate surface area is 188 Å². The number of hydrogen-bond donors (Lipinski definition) is 0. The van der Waals surface area contributed by atoms with Gasteiger partial charge in [0.1, 0.15) is 5.69 Å². The molecule has 7 nitrogen and oxygen atoms in total. The minimum absolute atomic E-state index is 0.0193. The van der Waals surface area contributed by atoms with Crippen LogP contribution >= 0.6 is 23.2 Å². The number of amides is 1. The summed E-state index contributed by atoms with van der Waals surface area (Å²) < 4.78 is 56.4. The molecule has 0 aliphatic carbocycles. The number of rotatable bonds is 3. The van der Waals surface area contributed by atoms with Gasteiger partial charge in [0, 0.05) is 30.6 Å². The van der Waals surface area contributed by atoms with E-state index < -0.39 is 28.4 Å². The van der Waals surface area contributed by atoms with E-state index in [2.05, 4.69) is 5.10 Å². The maximum Gasteiger partial charge on any atom is 0.303 e. The number of sulfonamides is 1. The van der Waals surface area contributed by atoms with Gasteiger partial charge in [-0.3, -0.25) is 9.48 Å². The van der Waals surface area contributed by atoms with E-state index in [1.807, 2.05) is 6.92 Å². The van der Waals surface area contributed by atoms with Crippen LogP contribution in [-0.4, -0.2) is 59.2 Å². The van der Waals surface area contributed by atoms with E-state index in [9.17, 15) is 13.2 Å². The molecule has 4 rings (SSSR count). The predicted molar refractivity (Wildman–Crippen MR) is 112 cm³/mol. The Hall–Kier alpha value is -1.75. The summed E-state index contributed by atoms with van der Waals surface area (Å²) in [6.07, 6.45) is 1.53. The third kappa shape index (κ3) is 3.83. The van der Waals surface area contributed by atoms with Gasteiger partial charge in [-0.05, 0) is 24.6 Å². The highest BCUT2D eigenvalue weighted by Crippen LogP contribution is 2.44. The Balaban J connectivity index is 1.88. The van der Waals surface area contributed by atoms with Crippen molar-refractivity contribution in [3.63, 3.8) is 0 Å². The van der Waals surface area contributed by atoms with Crippen LogP contribution in [0.25, 0.3) is 0 Å². The van der Waals surface area contributed by atoms with Crippen molar-refractivity contribution in [2.75, 3.05) is 19.3 Å². The lowest BCUT2D eigenvalue weighted by molar-refractivity contribution is -0.121. The van der Waals surface area contributed by atoms with Crippen LogP contribution in [0.3, 0.4) is 0 Å². The lowest BCUT2D eigenvalue weighted by Gasteiger charge is -2.37. The van der Waals surface area contributed by atoms with Crippen molar-refractivity contribution < 1.29 is 22.0 Å². The van der Waals surface area contributed by atoms with Crippen molar-refractivity contribution in [1.82, 2.24) is 19.0 Å². The third-order valence-electron chi connectivity index (χ3n) is 5.91. The highest BCUT2D eigenvalue weighted by Gasteiger charge is 2.48. The predicted octanol–water partition coefficient (Wildman–Crippen LogP) is 3.05. The summed E-state index contributed by atoms with van der Waals surface area (Å²) in [5, 5.41) is 5.16. The van der Waals surface area contributed by atoms with Crippen LogP contribution in [0.4, 0.5) is 8.78 Å². The van der Waals surface area contributed by atoms with Crippen LogP contribution in [0.15, 0.2) is 18.2 Å². The number of fused-ring (bicyclic) bond motifs is 3. The van der Waals surface area contributed by atoms with Crippen LogP contribution in [0.5, 0.6) is 0 Å². The Morgan fingerprint density at radius 3 is 2.55 bits per heavy atom. The van der Waals surface area contributed by atoms with Gasteiger partial charge in [0.15, 0.2) is 0 Å². The number of hydrogen-bond acceptors (Lipinski definition) is 4. The molecule has 1 amide bonds. The fourth-order valence-corrected chi connectivity index (χ4v) is 5.50. The fraction of sp³-hybridized carbons (Fsp3) is 0.474. The molecular formula is C19H20Cl2F2N4O3S. The summed E-state index contributed by atoms with van der Waals surface area (Å²) in [5.41, 5.74) is 1.02. The summed E-state index contributed by atoms with van der Waals surface area (Å²) in [5.74, 6) is -3.97. The van der Waals surface area contributed by atoms with Gasteiger partial charge in [0.25, 0.3) is 0 Å². The van der Waals surface area contributed by atoms with Gasteiger partial charge in [-0.15, -0.1) is 0 Å². The monoisotopic (exact) mass is 492 g/mol. The standard InChI is InChI=1S/C19H20Cl2F2N4O3S/c1-11-16(12-3-4-14(20)15(21)7-12)17-13(8-25(11)10-28)18-19(22,23)9-26(31(2,29)30)5-6-27(18)24-17/h3-4,7,10-11,16H,5-6,8-9H2,1-2H3/t11-,16?/m1/s1. The molecule has 1 aromatic heterocycles. The maximum absolute atomic E-state index is 15.3. The van der Waals surface area contributed by atoms with Crippen LogP contribution < -0.4 is 0 Å². The van der Waals surface area contributed by atoms with E-state index >= 15 is 8.78 Å². The quantitative estimate of drug-likeness (QED) is 0.617. The maximum atomic E-state index is 15.3. The lowest BCUT2D eigenvalue weighted by Crippen LogP contribution is -2.42. The van der Waals surface area contributed by atoms with E-state index in [4.69, 9.17) is 23.2 Å². The number of halogens is 4. The zero-order valence-corrected chi connectivity index (χ0v) is 19.1. The van der Waals surface area contributed by atoms with Crippen LogP contribution in [-0.2, 0) is 33.8 Å². The second-order valence-electron chi connectivity index (χ2n) is 7.91. The molecule has 0 radical (unpaired) electrons. The first-order valence-corrected chi connectivity index (χ1v) is 12.1. The van der Waals surface area contributed by atoms with E-state index in [1.165, 1.54) is 9.58 Å². The molecule has 2 aliphatic heterocycles. The van der Waals surface area contributed by atoms with E-state index in [-0.39, 0.29) is 36.9 Å². The normalized spacial score (nSPS) is 23.7. The van der Waals surface area contributed by atoms with E-state index in [1.54, 1.807) is 18.2 Å². The summed E-state index contributed by atoms with van der Waals surface area (Å²) in [7, 11) is -3.81. The SMILES string of the molecule is C[C@@H]1C(c2ccc(Cl)c(Cl)c2)c2nn3c(c2CN1C=O)C(F)(F)CN(S(C)(=O)=O)CC3. The molecule has 31 heavy (non-hydrogen) atoms. The molecule has 2 atom stereocenters. The van der Waals surface area contributed by atoms with Gasteiger partial charge >= 0.3 is 5.92 Å². The zero-order valence-electron chi connectivity index (χ0n) is 16.7. The fourth-order valence-electron chi connectivity index (χ4n) is 4.38. The number of benzene rings is 1. The van der Waals surface area contributed by atoms with Crippen molar-refractivity contribution in [3.8, 4) is 0 Å². The summed E-state index contributed by atoms with van der Waals surface area (Å²) >= 11 is 12.2. The van der Waals surface area contributed by atoms with E-state index in [0.717, 1.165) is 10.6 Å². The molecule has 168 valence electrons. The zero-order chi connectivity index (χ0) is 22.7. The average Bonchev–Trinajstić information content (AvgIpc) is 2.98. The molecule has 2 aliphatic rings. The molecule has 12 heteroatoms. The molecule has 0 fully saturated rings. The van der Waals surface area contributed by atoms with Crippen LogP contribution in [0.1, 0.15) is 35.4 Å². The van der Waals surface area contributed by atoms with E-state index in [0.29, 0.717) is 27.7 Å². The average molecular weight is 493 g/mol. The van der Waals surface area contributed by atoms with Gasteiger partial charge in [0.05, 0.1) is 35.1 Å². The second kappa shape index (κ2) is 7.68. The van der Waals surface area contributed by atoms with Gasteiger partial charge in [-0.25, -0.2) is 8.42 Å². The summed E-state index contributed by atoms with van der Waals surface area (Å²) in [4.78, 5) is 13.2. The third-order valence-corrected chi connectivity index (χ3v) is 7.90. The minimum atomic E-state index is -3.81. The van der Waals surface area contributed by atoms with Crippen molar-refractivity contribution >= 4 is 39.6 Å². The lowest BCUT2D eigenvalue weighted by atomic mass is 9.82. The van der Waals surface area contributed by atoms with Crippen molar-refractivity contribution in [3.05, 3.63) is 50.8 Å². The largest absolute Gasteiger partial charge is 0.337 e. The van der Waals surface area contributed by atoms with Crippen molar-refractivity contribution in [2.45, 2.75) is 37.9 Å². The molecule has 1 aromatic carbocycles. The highest BCUT2D eigenvalue weighted by atomic mass is 35.5. The molecule has 0 saturated heterocycles. The summed E-state index contributed by atoms with van der Waals surface area (Å²) in [6, 6.07) is 4.65. The topological polar surface area (TPSA) is 75.5 Å². The molecule has 1 unspecified atom stereocenters. The Morgan fingerprint density at radius 2 is 1.94 bits per heavy atom. The minimum Gasteiger partial charge on any atom is -0.337 e. The highest BCUT2D eigenvalue weighted by molar-refractivity contribution is 7.88. The van der Waals surface area contributed by atoms with Gasteiger partial charge in [-0.1, -0.05) is 29.3 Å². The van der Waals surface area contributed by atoms with Crippen LogP contribution in [0.2, 0.25) is 10.0 Å². The number of alkyl halides is 2. The Kier molecular flexibility index (Phi) is 5.56. The van der Waals surface area contributed by atoms with Crippen molar-refractivity contribution in [1.29, 1.82) is 0 Å². The molecule has 0 N–H and O–H groups in total. The van der Waals surface area contributed by atoms with Crippen molar-refractivity contribution in [2.24, 2.45) is 0 Å². The molecule has 0 spiro atoms. The Bertz CT molecular complexity index is 1160. The van der Waals surface area contributed by atoms with Gasteiger partial charge < -0.3 is 4.90 Å². The summed E-state index contributed by atoms with van der Waals surface area (Å²) in [6.45, 7) is 0.666. The smallest absolute Gasteiger partial charge is 0.303 e. The Morgan fingerprint density at radius 1 is 1.23 bits per heavy atom. The van der Waals surface area contributed by atoms with Gasteiger partial charge in [0.2, 0.25) is 16.4 Å². The van der Waals surface area contributed by atoms with Crippen LogP contribution in [0, 0.1) is 0 Å². The first-order valence-electron chi connectivity index (χ1n) is 9.53. The van der Waals surface area contributed by atoms with Gasteiger partial charge in [-0.2, -0.15) is 18.2 Å². The molecule has 0 saturated carbocycles. The number of carbonyl (C=O) groups is 1. The number of aromatic nitrogens is 2. The number of nitrogens with zero attached hydrogens (tertiary/aromatic N) is 4. The molecule has 3 heterocycles. The number of carbonyl (C=O) groups excluding carboxylic acids is 1. The second-order valence-corrected chi connectivity index (χ2v) is 10.7. The first kappa shape index (κ1) is 22.4.